The molecule has 19 heavy (non-hydrogen) atoms. The zero-order valence-corrected chi connectivity index (χ0v) is 14.0. The molecule has 3 N–H and O–H groups in total. The Balaban J connectivity index is 0.00000324. The number of rotatable bonds is 6. The van der Waals surface area contributed by atoms with E-state index in [0.717, 1.165) is 22.2 Å². The quantitative estimate of drug-likeness (QED) is 0.821. The maximum atomic E-state index is 10.2. The van der Waals surface area contributed by atoms with Crippen molar-refractivity contribution < 1.29 is 9.84 Å². The molecule has 0 saturated carbocycles. The maximum Gasteiger partial charge on any atom is 0.124 e. The molecule has 5 heteroatoms. The van der Waals surface area contributed by atoms with Crippen LogP contribution in [-0.2, 0) is 0 Å². The smallest absolute Gasteiger partial charge is 0.124 e. The van der Waals surface area contributed by atoms with E-state index in [1.54, 1.807) is 0 Å². The Labute approximate surface area is 130 Å². The van der Waals surface area contributed by atoms with Crippen molar-refractivity contribution in [1.82, 2.24) is 0 Å². The molecular weight excluding hydrogens is 330 g/mol. The lowest BCUT2D eigenvalue weighted by Crippen LogP contribution is -2.31. The molecule has 3 nitrogen and oxygen atoms in total. The molecule has 0 aliphatic heterocycles. The fraction of sp³-hybridized carbons (Fsp3) is 0.571. The third-order valence-corrected chi connectivity index (χ3v) is 3.72. The first-order valence-electron chi connectivity index (χ1n) is 6.37. The molecule has 0 fully saturated rings. The van der Waals surface area contributed by atoms with E-state index in [-0.39, 0.29) is 18.3 Å². The molecular formula is C14H23BrClNO2. The fourth-order valence-corrected chi connectivity index (χ4v) is 2.22. The van der Waals surface area contributed by atoms with Gasteiger partial charge in [-0.25, -0.2) is 0 Å². The molecule has 0 saturated heterocycles. The van der Waals surface area contributed by atoms with Crippen LogP contribution in [0.5, 0.6) is 5.75 Å². The molecule has 0 aliphatic rings. The number of ether oxygens (including phenoxy) is 1. The third kappa shape index (κ3) is 4.95. The van der Waals surface area contributed by atoms with Crippen LogP contribution < -0.4 is 10.5 Å². The Bertz CT molecular complexity index is 390. The molecule has 1 aromatic rings. The van der Waals surface area contributed by atoms with Crippen LogP contribution in [0.25, 0.3) is 0 Å². The predicted molar refractivity (Wildman–Crippen MR) is 84.9 cm³/mol. The van der Waals surface area contributed by atoms with Gasteiger partial charge in [-0.2, -0.15) is 0 Å². The topological polar surface area (TPSA) is 55.5 Å². The summed E-state index contributed by atoms with van der Waals surface area (Å²) < 4.78 is 6.50. The molecule has 1 unspecified atom stereocenters. The van der Waals surface area contributed by atoms with Gasteiger partial charge in [0.1, 0.15) is 5.75 Å². The van der Waals surface area contributed by atoms with Crippen LogP contribution in [-0.4, -0.2) is 17.8 Å². The van der Waals surface area contributed by atoms with Crippen molar-refractivity contribution in [3.8, 4) is 5.75 Å². The highest BCUT2D eigenvalue weighted by atomic mass is 79.9. The molecule has 3 atom stereocenters. The van der Waals surface area contributed by atoms with E-state index < -0.39 is 12.1 Å². The van der Waals surface area contributed by atoms with Crippen molar-refractivity contribution in [3.05, 3.63) is 28.2 Å². The van der Waals surface area contributed by atoms with Crippen LogP contribution in [0.2, 0.25) is 0 Å². The van der Waals surface area contributed by atoms with E-state index >= 15 is 0 Å². The minimum absolute atomic E-state index is 0. The number of aliphatic hydroxyl groups excluding tert-OH is 1. The van der Waals surface area contributed by atoms with E-state index in [1.807, 2.05) is 39.0 Å². The lowest BCUT2D eigenvalue weighted by Gasteiger charge is -2.26. The van der Waals surface area contributed by atoms with E-state index in [0.29, 0.717) is 6.61 Å². The molecule has 0 heterocycles. The number of benzene rings is 1. The van der Waals surface area contributed by atoms with Gasteiger partial charge in [0.2, 0.25) is 0 Å². The first-order valence-corrected chi connectivity index (χ1v) is 7.16. The summed E-state index contributed by atoms with van der Waals surface area (Å²) in [6, 6.07) is 5.28. The summed E-state index contributed by atoms with van der Waals surface area (Å²) in [5.74, 6) is 0.906. The van der Waals surface area contributed by atoms with Gasteiger partial charge in [-0.1, -0.05) is 36.2 Å². The first-order chi connectivity index (χ1) is 8.51. The molecule has 0 aliphatic carbocycles. The summed E-state index contributed by atoms with van der Waals surface area (Å²) in [5, 5.41) is 10.2. The van der Waals surface area contributed by atoms with Crippen molar-refractivity contribution in [2.24, 2.45) is 11.7 Å². The van der Waals surface area contributed by atoms with Crippen LogP contribution in [0.1, 0.15) is 38.8 Å². The standard InChI is InChI=1S/C14H22BrNO2.ClH/c1-4-9(3)14(17)13(16)11-8-10(15)6-7-12(11)18-5-2;/h6-9,13-14,17H,4-5,16H2,1-3H3;1H/t9?,13-,14+;/m1./s1. The Hall–Kier alpha value is -0.290. The van der Waals surface area contributed by atoms with Crippen molar-refractivity contribution >= 4 is 28.3 Å². The number of hydrogen-bond acceptors (Lipinski definition) is 3. The Morgan fingerprint density at radius 1 is 1.37 bits per heavy atom. The number of halogens is 2. The normalized spacial score (nSPS) is 15.3. The summed E-state index contributed by atoms with van der Waals surface area (Å²) >= 11 is 3.43. The molecule has 0 bridgehead atoms. The number of nitrogens with two attached hydrogens (primary N) is 1. The lowest BCUT2D eigenvalue weighted by molar-refractivity contribution is 0.0868. The molecule has 0 aromatic heterocycles. The van der Waals surface area contributed by atoms with Gasteiger partial charge in [0, 0.05) is 10.0 Å². The Morgan fingerprint density at radius 3 is 2.53 bits per heavy atom. The van der Waals surface area contributed by atoms with Crippen LogP contribution in [0.15, 0.2) is 22.7 Å². The van der Waals surface area contributed by atoms with Crippen molar-refractivity contribution in [1.29, 1.82) is 0 Å². The summed E-state index contributed by atoms with van der Waals surface area (Å²) in [5.41, 5.74) is 7.01. The zero-order valence-electron chi connectivity index (χ0n) is 11.6. The van der Waals surface area contributed by atoms with Gasteiger partial charge >= 0.3 is 0 Å². The third-order valence-electron chi connectivity index (χ3n) is 3.23. The first kappa shape index (κ1) is 18.7. The highest BCUT2D eigenvalue weighted by Gasteiger charge is 2.24. The van der Waals surface area contributed by atoms with Crippen LogP contribution in [0.4, 0.5) is 0 Å². The minimum atomic E-state index is -0.566. The largest absolute Gasteiger partial charge is 0.494 e. The second-order valence-corrected chi connectivity index (χ2v) is 5.43. The molecule has 0 amide bonds. The van der Waals surface area contributed by atoms with Gasteiger partial charge in [0.05, 0.1) is 18.8 Å². The zero-order chi connectivity index (χ0) is 13.7. The fourth-order valence-electron chi connectivity index (χ4n) is 1.85. The van der Waals surface area contributed by atoms with Gasteiger partial charge in [-0.3, -0.25) is 0 Å². The highest BCUT2D eigenvalue weighted by molar-refractivity contribution is 9.10. The molecule has 110 valence electrons. The minimum Gasteiger partial charge on any atom is -0.494 e. The Morgan fingerprint density at radius 2 is 2.00 bits per heavy atom. The highest BCUT2D eigenvalue weighted by Crippen LogP contribution is 2.31. The maximum absolute atomic E-state index is 10.2. The average molecular weight is 353 g/mol. The lowest BCUT2D eigenvalue weighted by atomic mass is 9.91. The van der Waals surface area contributed by atoms with E-state index in [9.17, 15) is 5.11 Å². The molecule has 0 spiro atoms. The van der Waals surface area contributed by atoms with Gasteiger partial charge in [0.25, 0.3) is 0 Å². The molecule has 0 radical (unpaired) electrons. The van der Waals surface area contributed by atoms with Gasteiger partial charge < -0.3 is 15.6 Å². The average Bonchev–Trinajstić information content (AvgIpc) is 2.38. The van der Waals surface area contributed by atoms with E-state index in [2.05, 4.69) is 15.9 Å². The van der Waals surface area contributed by atoms with Gasteiger partial charge in [-0.05, 0) is 31.0 Å². The van der Waals surface area contributed by atoms with Gasteiger partial charge in [0.15, 0.2) is 0 Å². The summed E-state index contributed by atoms with van der Waals surface area (Å²) in [6.07, 6.45) is 0.329. The van der Waals surface area contributed by atoms with E-state index in [1.165, 1.54) is 0 Å². The van der Waals surface area contributed by atoms with E-state index in [4.69, 9.17) is 10.5 Å². The van der Waals surface area contributed by atoms with Crippen LogP contribution in [0, 0.1) is 5.92 Å². The predicted octanol–water partition coefficient (Wildman–Crippen LogP) is 3.68. The monoisotopic (exact) mass is 351 g/mol. The van der Waals surface area contributed by atoms with Crippen LogP contribution in [0.3, 0.4) is 0 Å². The summed E-state index contributed by atoms with van der Waals surface area (Å²) in [4.78, 5) is 0. The van der Waals surface area contributed by atoms with Gasteiger partial charge in [-0.15, -0.1) is 12.4 Å². The number of hydrogen-bond donors (Lipinski definition) is 2. The van der Waals surface area contributed by atoms with Crippen molar-refractivity contribution in [3.63, 3.8) is 0 Å². The van der Waals surface area contributed by atoms with Crippen LogP contribution >= 0.6 is 28.3 Å². The second kappa shape index (κ2) is 8.80. The Kier molecular flexibility index (Phi) is 8.66. The SMILES string of the molecule is CCOc1ccc(Br)cc1[C@@H](N)[C@@H](O)C(C)CC.Cl. The summed E-state index contributed by atoms with van der Waals surface area (Å²) in [7, 11) is 0. The second-order valence-electron chi connectivity index (χ2n) is 4.52. The number of aliphatic hydroxyl groups is 1. The van der Waals surface area contributed by atoms with Crippen molar-refractivity contribution in [2.75, 3.05) is 6.61 Å². The molecule has 1 aromatic carbocycles. The van der Waals surface area contributed by atoms with Crippen molar-refractivity contribution in [2.45, 2.75) is 39.3 Å². The molecule has 1 rings (SSSR count). The summed E-state index contributed by atoms with van der Waals surface area (Å²) in [6.45, 7) is 6.57.